The molecule has 0 N–H and O–H groups in total. The van der Waals surface area contributed by atoms with Crippen molar-refractivity contribution in [2.45, 2.75) is 26.2 Å². The third kappa shape index (κ3) is 6.87. The van der Waals surface area contributed by atoms with Gasteiger partial charge in [0.15, 0.2) is 11.6 Å². The van der Waals surface area contributed by atoms with E-state index in [2.05, 4.69) is 171 Å². The van der Waals surface area contributed by atoms with Crippen LogP contribution in [0.15, 0.2) is 194 Å². The van der Waals surface area contributed by atoms with Crippen LogP contribution in [0.5, 0.6) is 0 Å². The van der Waals surface area contributed by atoms with Crippen LogP contribution in [0, 0.1) is 0 Å². The molecular formula is C54H41N5. The Morgan fingerprint density at radius 2 is 0.797 bits per heavy atom. The highest BCUT2D eigenvalue weighted by Gasteiger charge is 2.22. The number of hydrogen-bond donors (Lipinski definition) is 0. The summed E-state index contributed by atoms with van der Waals surface area (Å²) in [6.45, 7) is 6.80. The molecule has 0 aliphatic carbocycles. The normalized spacial score (nSPS) is 11.6. The first-order valence-corrected chi connectivity index (χ1v) is 20.1. The first-order chi connectivity index (χ1) is 28.9. The summed E-state index contributed by atoms with van der Waals surface area (Å²) in [6, 6.07) is 67.5. The zero-order chi connectivity index (χ0) is 39.9. The molecule has 0 atom stereocenters. The fraction of sp³-hybridized carbons (Fsp3) is 0.0741. The van der Waals surface area contributed by atoms with Crippen molar-refractivity contribution < 1.29 is 0 Å². The summed E-state index contributed by atoms with van der Waals surface area (Å²) in [4.78, 5) is 21.2. The van der Waals surface area contributed by atoms with Crippen molar-refractivity contribution in [3.05, 3.63) is 200 Å². The van der Waals surface area contributed by atoms with Crippen molar-refractivity contribution in [3.63, 3.8) is 0 Å². The average Bonchev–Trinajstić information content (AvgIpc) is 3.63. The van der Waals surface area contributed by atoms with Gasteiger partial charge in [0.25, 0.3) is 0 Å². The van der Waals surface area contributed by atoms with Crippen LogP contribution in [-0.2, 0) is 5.41 Å². The van der Waals surface area contributed by atoms with E-state index in [4.69, 9.17) is 19.9 Å². The second-order valence-electron chi connectivity index (χ2n) is 16.0. The lowest BCUT2D eigenvalue weighted by atomic mass is 9.86. The highest BCUT2D eigenvalue weighted by atomic mass is 15.0. The first-order valence-electron chi connectivity index (χ1n) is 20.1. The van der Waals surface area contributed by atoms with E-state index in [-0.39, 0.29) is 5.41 Å². The van der Waals surface area contributed by atoms with Gasteiger partial charge in [0, 0.05) is 44.2 Å². The van der Waals surface area contributed by atoms with E-state index in [1.165, 1.54) is 16.3 Å². The predicted molar refractivity (Wildman–Crippen MR) is 243 cm³/mol. The van der Waals surface area contributed by atoms with Crippen molar-refractivity contribution in [1.29, 1.82) is 0 Å². The third-order valence-electron chi connectivity index (χ3n) is 11.0. The van der Waals surface area contributed by atoms with Crippen molar-refractivity contribution in [3.8, 4) is 73.5 Å². The Kier molecular flexibility index (Phi) is 8.99. The van der Waals surface area contributed by atoms with E-state index in [1.54, 1.807) is 0 Å². The molecule has 0 amide bonds. The molecule has 5 nitrogen and oxygen atoms in total. The zero-order valence-electron chi connectivity index (χ0n) is 33.2. The molecule has 0 aliphatic heterocycles. The van der Waals surface area contributed by atoms with E-state index in [9.17, 15) is 0 Å². The number of aromatic nitrogens is 5. The maximum Gasteiger partial charge on any atom is 0.162 e. The molecule has 59 heavy (non-hydrogen) atoms. The number of hydrogen-bond acceptors (Lipinski definition) is 4. The van der Waals surface area contributed by atoms with E-state index < -0.39 is 0 Å². The van der Waals surface area contributed by atoms with E-state index in [1.807, 2.05) is 48.5 Å². The summed E-state index contributed by atoms with van der Waals surface area (Å²) in [7, 11) is 0. The first kappa shape index (κ1) is 35.9. The molecule has 0 bridgehead atoms. The maximum atomic E-state index is 5.38. The molecule has 0 radical (unpaired) electrons. The molecule has 3 heterocycles. The summed E-state index contributed by atoms with van der Waals surface area (Å²) in [5, 5.41) is 2.40. The lowest BCUT2D eigenvalue weighted by molar-refractivity contribution is 0.591. The van der Waals surface area contributed by atoms with Crippen LogP contribution in [0.3, 0.4) is 0 Å². The van der Waals surface area contributed by atoms with Crippen LogP contribution in [0.4, 0.5) is 0 Å². The lowest BCUT2D eigenvalue weighted by Gasteiger charge is -2.19. The van der Waals surface area contributed by atoms with Crippen molar-refractivity contribution in [2.24, 2.45) is 0 Å². The molecule has 0 fully saturated rings. The van der Waals surface area contributed by atoms with Crippen LogP contribution >= 0.6 is 0 Å². The second-order valence-corrected chi connectivity index (χ2v) is 16.0. The predicted octanol–water partition coefficient (Wildman–Crippen LogP) is 13.7. The zero-order valence-corrected chi connectivity index (χ0v) is 33.2. The van der Waals surface area contributed by atoms with Crippen LogP contribution in [0.1, 0.15) is 26.3 Å². The van der Waals surface area contributed by atoms with Crippen LogP contribution in [-0.4, -0.2) is 24.5 Å². The Balaban J connectivity index is 1.27. The highest BCUT2D eigenvalue weighted by molar-refractivity contribution is 6.10. The van der Waals surface area contributed by atoms with Crippen LogP contribution in [0.25, 0.3) is 95.3 Å². The Hall–Kier alpha value is -7.50. The van der Waals surface area contributed by atoms with Crippen LogP contribution in [0.2, 0.25) is 0 Å². The van der Waals surface area contributed by atoms with Gasteiger partial charge in [-0.05, 0) is 59.5 Å². The summed E-state index contributed by atoms with van der Waals surface area (Å²) < 4.78 is 2.37. The SMILES string of the molecule is CC(C)(C)c1ccc2c(c1)c1ccccc1n2-c1ccc(-c2nc(-c3ccccc3)cc(-c3ccccc3)n2)cc1-c1nc(-c2ccccc2)cc(-c2ccccc2)n1. The van der Waals surface area contributed by atoms with E-state index in [0.29, 0.717) is 11.6 Å². The van der Waals surface area contributed by atoms with Gasteiger partial charge in [0.05, 0.1) is 39.5 Å². The molecule has 0 saturated heterocycles. The standard InChI is InChI=1S/C54H41N5/c1-54(2,3)41-29-31-50-43(33-41)42-26-16-17-27-49(42)59(50)51-30-28-40(52-55-45(36-18-8-4-9-19-36)34-46(56-52)37-20-10-5-11-21-37)32-44(51)53-57-47(38-22-12-6-13-23-38)35-48(58-53)39-24-14-7-15-25-39/h4-35H,1-3H3. The summed E-state index contributed by atoms with van der Waals surface area (Å²) in [6.07, 6.45) is 0. The quantitative estimate of drug-likeness (QED) is 0.162. The summed E-state index contributed by atoms with van der Waals surface area (Å²) >= 11 is 0. The number of nitrogens with zero attached hydrogens (tertiary/aromatic N) is 5. The summed E-state index contributed by atoms with van der Waals surface area (Å²) in [5.74, 6) is 1.24. The fourth-order valence-corrected chi connectivity index (χ4v) is 7.92. The topological polar surface area (TPSA) is 56.5 Å². The largest absolute Gasteiger partial charge is 0.309 e. The minimum Gasteiger partial charge on any atom is -0.309 e. The second kappa shape index (κ2) is 14.8. The van der Waals surface area contributed by atoms with E-state index in [0.717, 1.165) is 72.9 Å². The average molecular weight is 760 g/mol. The molecule has 0 unspecified atom stereocenters. The Labute approximate surface area is 344 Å². The molecule has 7 aromatic carbocycles. The van der Waals surface area contributed by atoms with Gasteiger partial charge < -0.3 is 4.57 Å². The summed E-state index contributed by atoms with van der Waals surface area (Å²) in [5.41, 5.74) is 13.7. The van der Waals surface area contributed by atoms with Crippen molar-refractivity contribution in [1.82, 2.24) is 24.5 Å². The minimum atomic E-state index is -0.00332. The van der Waals surface area contributed by atoms with Crippen molar-refractivity contribution >= 4 is 21.8 Å². The van der Waals surface area contributed by atoms with Gasteiger partial charge in [-0.3, -0.25) is 0 Å². The van der Waals surface area contributed by atoms with Crippen LogP contribution < -0.4 is 0 Å². The van der Waals surface area contributed by atoms with Gasteiger partial charge in [-0.15, -0.1) is 0 Å². The van der Waals surface area contributed by atoms with Gasteiger partial charge in [-0.1, -0.05) is 166 Å². The molecule has 3 aromatic heterocycles. The smallest absolute Gasteiger partial charge is 0.162 e. The molecule has 0 spiro atoms. The van der Waals surface area contributed by atoms with Gasteiger partial charge in [-0.25, -0.2) is 19.9 Å². The van der Waals surface area contributed by atoms with Gasteiger partial charge in [-0.2, -0.15) is 0 Å². The monoisotopic (exact) mass is 759 g/mol. The Morgan fingerprint density at radius 3 is 1.29 bits per heavy atom. The number of fused-ring (bicyclic) bond motifs is 3. The minimum absolute atomic E-state index is 0.00332. The Bertz CT molecular complexity index is 3000. The van der Waals surface area contributed by atoms with E-state index >= 15 is 0 Å². The van der Waals surface area contributed by atoms with Crippen molar-refractivity contribution in [2.75, 3.05) is 0 Å². The number of para-hydroxylation sites is 1. The molecule has 0 saturated carbocycles. The number of rotatable bonds is 7. The molecule has 282 valence electrons. The number of benzene rings is 7. The molecule has 0 aliphatic rings. The molecule has 5 heteroatoms. The molecule has 10 rings (SSSR count). The van der Waals surface area contributed by atoms with Gasteiger partial charge >= 0.3 is 0 Å². The van der Waals surface area contributed by atoms with Gasteiger partial charge in [0.1, 0.15) is 0 Å². The van der Waals surface area contributed by atoms with Gasteiger partial charge in [0.2, 0.25) is 0 Å². The fourth-order valence-electron chi connectivity index (χ4n) is 7.92. The molecule has 10 aromatic rings. The highest BCUT2D eigenvalue weighted by Crippen LogP contribution is 2.40. The lowest BCUT2D eigenvalue weighted by Crippen LogP contribution is -2.10. The Morgan fingerprint density at radius 1 is 0.356 bits per heavy atom. The molecular weight excluding hydrogens is 719 g/mol. The maximum absolute atomic E-state index is 5.38. The third-order valence-corrected chi connectivity index (χ3v) is 11.0.